The maximum absolute atomic E-state index is 12.6. The molecular weight excluding hydrogens is 284 g/mol. The molecule has 1 aromatic rings. The van der Waals surface area contributed by atoms with Crippen LogP contribution in [0, 0.1) is 13.8 Å². The average molecular weight is 312 g/mol. The first-order valence-electron chi connectivity index (χ1n) is 7.58. The molecule has 21 heavy (non-hydrogen) atoms. The molecule has 0 spiro atoms. The summed E-state index contributed by atoms with van der Waals surface area (Å²) in [5.74, 6) is 0. The number of unbranched alkanes of at least 4 members (excludes halogenated alkanes) is 1. The molecule has 0 amide bonds. The second-order valence-electron chi connectivity index (χ2n) is 5.73. The van der Waals surface area contributed by atoms with Gasteiger partial charge >= 0.3 is 0 Å². The molecule has 0 saturated carbocycles. The molecule has 4 nitrogen and oxygen atoms in total. The molecule has 5 heteroatoms. The number of hydrogen-bond acceptors (Lipinski definition) is 3. The van der Waals surface area contributed by atoms with Crippen molar-refractivity contribution in [3.63, 3.8) is 0 Å². The van der Waals surface area contributed by atoms with Gasteiger partial charge in [-0.3, -0.25) is 0 Å². The Morgan fingerprint density at radius 1 is 1.24 bits per heavy atom. The van der Waals surface area contributed by atoms with Crippen molar-refractivity contribution >= 4 is 10.0 Å². The van der Waals surface area contributed by atoms with E-state index in [1.807, 2.05) is 33.9 Å². The Hall–Kier alpha value is -0.910. The van der Waals surface area contributed by atoms with E-state index in [1.54, 1.807) is 6.07 Å². The fourth-order valence-electron chi connectivity index (χ4n) is 2.38. The molecule has 0 aromatic heterocycles. The van der Waals surface area contributed by atoms with Crippen LogP contribution in [0.25, 0.3) is 0 Å². The third-order valence-electron chi connectivity index (χ3n) is 3.70. The topological polar surface area (TPSA) is 58.2 Å². The fourth-order valence-corrected chi connectivity index (χ4v) is 4.03. The molecule has 0 bridgehead atoms. The summed E-state index contributed by atoms with van der Waals surface area (Å²) in [7, 11) is -1.61. The van der Waals surface area contributed by atoms with Crippen molar-refractivity contribution in [3.05, 3.63) is 28.8 Å². The summed E-state index contributed by atoms with van der Waals surface area (Å²) in [5, 5.41) is 3.06. The van der Waals surface area contributed by atoms with Crippen LogP contribution in [-0.4, -0.2) is 21.5 Å². The van der Waals surface area contributed by atoms with Crippen LogP contribution in [0.5, 0.6) is 0 Å². The quantitative estimate of drug-likeness (QED) is 0.776. The van der Waals surface area contributed by atoms with Gasteiger partial charge < -0.3 is 5.32 Å². The molecule has 1 rings (SSSR count). The van der Waals surface area contributed by atoms with E-state index in [4.69, 9.17) is 0 Å². The van der Waals surface area contributed by atoms with Crippen molar-refractivity contribution in [3.8, 4) is 0 Å². The van der Waals surface area contributed by atoms with E-state index < -0.39 is 10.0 Å². The molecular formula is C16H28N2O2S. The fraction of sp³-hybridized carbons (Fsp3) is 0.625. The molecule has 0 radical (unpaired) electrons. The van der Waals surface area contributed by atoms with Gasteiger partial charge in [-0.1, -0.05) is 25.8 Å². The number of rotatable bonds is 8. The Labute approximate surface area is 129 Å². The highest BCUT2D eigenvalue weighted by atomic mass is 32.2. The van der Waals surface area contributed by atoms with E-state index in [2.05, 4.69) is 17.0 Å². The first kappa shape index (κ1) is 18.1. The number of aryl methyl sites for hydroxylation is 1. The maximum atomic E-state index is 12.6. The van der Waals surface area contributed by atoms with Gasteiger partial charge in [0.15, 0.2) is 0 Å². The molecule has 1 unspecified atom stereocenters. The number of sulfonamides is 1. The lowest BCUT2D eigenvalue weighted by Gasteiger charge is -2.17. The zero-order valence-electron chi connectivity index (χ0n) is 13.8. The molecule has 0 fully saturated rings. The van der Waals surface area contributed by atoms with Gasteiger partial charge in [0.2, 0.25) is 10.0 Å². The lowest BCUT2D eigenvalue weighted by molar-refractivity contribution is 0.533. The molecule has 1 aromatic carbocycles. The summed E-state index contributed by atoms with van der Waals surface area (Å²) < 4.78 is 28.0. The predicted octanol–water partition coefficient (Wildman–Crippen LogP) is 2.88. The van der Waals surface area contributed by atoms with E-state index in [0.29, 0.717) is 11.4 Å². The van der Waals surface area contributed by atoms with Gasteiger partial charge in [0.25, 0.3) is 0 Å². The van der Waals surface area contributed by atoms with Crippen LogP contribution in [-0.2, 0) is 16.6 Å². The van der Waals surface area contributed by atoms with Crippen molar-refractivity contribution in [1.82, 2.24) is 10.0 Å². The van der Waals surface area contributed by atoms with Crippen molar-refractivity contribution in [2.75, 3.05) is 7.05 Å². The maximum Gasteiger partial charge on any atom is 0.241 e. The molecule has 2 N–H and O–H groups in total. The minimum atomic E-state index is -3.46. The molecule has 0 saturated heterocycles. The van der Waals surface area contributed by atoms with Crippen molar-refractivity contribution < 1.29 is 8.42 Å². The number of benzene rings is 1. The first-order chi connectivity index (χ1) is 9.81. The van der Waals surface area contributed by atoms with Crippen molar-refractivity contribution in [1.29, 1.82) is 0 Å². The molecule has 0 aliphatic carbocycles. The SMILES string of the molecule is CCCCC(C)NS(=O)(=O)c1cc(CNC)cc(C)c1C. The van der Waals surface area contributed by atoms with Crippen LogP contribution >= 0.6 is 0 Å². The number of hydrogen-bond donors (Lipinski definition) is 2. The summed E-state index contributed by atoms with van der Waals surface area (Å²) in [6, 6.07) is 3.77. The lowest BCUT2D eigenvalue weighted by atomic mass is 10.1. The van der Waals surface area contributed by atoms with E-state index in [0.717, 1.165) is 36.0 Å². The van der Waals surface area contributed by atoms with Gasteiger partial charge in [0.1, 0.15) is 0 Å². The zero-order chi connectivity index (χ0) is 16.0. The zero-order valence-corrected chi connectivity index (χ0v) is 14.6. The van der Waals surface area contributed by atoms with E-state index in [1.165, 1.54) is 0 Å². The second-order valence-corrected chi connectivity index (χ2v) is 7.41. The largest absolute Gasteiger partial charge is 0.316 e. The van der Waals surface area contributed by atoms with Crippen LogP contribution < -0.4 is 10.0 Å². The van der Waals surface area contributed by atoms with E-state index in [9.17, 15) is 8.42 Å². The summed E-state index contributed by atoms with van der Waals surface area (Å²) in [5.41, 5.74) is 2.82. The van der Waals surface area contributed by atoms with Gasteiger partial charge in [-0.05, 0) is 57.0 Å². The lowest BCUT2D eigenvalue weighted by Crippen LogP contribution is -2.33. The molecule has 0 heterocycles. The van der Waals surface area contributed by atoms with Crippen LogP contribution in [0.4, 0.5) is 0 Å². The summed E-state index contributed by atoms with van der Waals surface area (Å²) in [6.07, 6.45) is 2.97. The minimum Gasteiger partial charge on any atom is -0.316 e. The van der Waals surface area contributed by atoms with Gasteiger partial charge in [-0.15, -0.1) is 0 Å². The van der Waals surface area contributed by atoms with Crippen molar-refractivity contribution in [2.45, 2.75) is 64.4 Å². The smallest absolute Gasteiger partial charge is 0.241 e. The van der Waals surface area contributed by atoms with Crippen LogP contribution in [0.3, 0.4) is 0 Å². The Morgan fingerprint density at radius 3 is 2.48 bits per heavy atom. The normalized spacial score (nSPS) is 13.4. The third-order valence-corrected chi connectivity index (χ3v) is 5.41. The Balaban J connectivity index is 3.06. The standard InChI is InChI=1S/C16H28N2O2S/c1-6-7-8-13(3)18-21(19,20)16-10-15(11-17-5)9-12(2)14(16)4/h9-10,13,17-18H,6-8,11H2,1-5H3. The average Bonchev–Trinajstić information content (AvgIpc) is 2.40. The van der Waals surface area contributed by atoms with Crippen LogP contribution in [0.2, 0.25) is 0 Å². The highest BCUT2D eigenvalue weighted by molar-refractivity contribution is 7.89. The predicted molar refractivity (Wildman–Crippen MR) is 88.0 cm³/mol. The molecule has 0 aliphatic rings. The second kappa shape index (κ2) is 7.92. The van der Waals surface area contributed by atoms with Gasteiger partial charge in [0.05, 0.1) is 4.90 Å². The van der Waals surface area contributed by atoms with Gasteiger partial charge in [0, 0.05) is 12.6 Å². The Kier molecular flexibility index (Phi) is 6.84. The first-order valence-corrected chi connectivity index (χ1v) is 9.07. The Bertz CT molecular complexity index is 568. The van der Waals surface area contributed by atoms with Crippen LogP contribution in [0.15, 0.2) is 17.0 Å². The van der Waals surface area contributed by atoms with Crippen molar-refractivity contribution in [2.24, 2.45) is 0 Å². The monoisotopic (exact) mass is 312 g/mol. The highest BCUT2D eigenvalue weighted by Gasteiger charge is 2.21. The summed E-state index contributed by atoms with van der Waals surface area (Å²) in [4.78, 5) is 0.399. The summed E-state index contributed by atoms with van der Waals surface area (Å²) in [6.45, 7) is 8.51. The molecule has 0 aliphatic heterocycles. The number of nitrogens with one attached hydrogen (secondary N) is 2. The van der Waals surface area contributed by atoms with E-state index in [-0.39, 0.29) is 6.04 Å². The third kappa shape index (κ3) is 5.09. The van der Waals surface area contributed by atoms with Gasteiger partial charge in [-0.2, -0.15) is 0 Å². The summed E-state index contributed by atoms with van der Waals surface area (Å²) >= 11 is 0. The van der Waals surface area contributed by atoms with Crippen LogP contribution in [0.1, 0.15) is 49.8 Å². The minimum absolute atomic E-state index is 0.0392. The van der Waals surface area contributed by atoms with Gasteiger partial charge in [-0.25, -0.2) is 13.1 Å². The highest BCUT2D eigenvalue weighted by Crippen LogP contribution is 2.21. The molecule has 1 atom stereocenters. The Morgan fingerprint density at radius 2 is 1.90 bits per heavy atom. The van der Waals surface area contributed by atoms with E-state index >= 15 is 0 Å². The molecule has 120 valence electrons.